The van der Waals surface area contributed by atoms with Crippen molar-refractivity contribution in [3.05, 3.63) is 27.3 Å². The van der Waals surface area contributed by atoms with E-state index in [1.54, 1.807) is 0 Å². The Hall–Kier alpha value is -0.620. The first-order chi connectivity index (χ1) is 7.13. The van der Waals surface area contributed by atoms with Crippen molar-refractivity contribution in [2.75, 3.05) is 11.9 Å². The van der Waals surface area contributed by atoms with Crippen molar-refractivity contribution in [2.45, 2.75) is 19.8 Å². The van der Waals surface area contributed by atoms with Crippen LogP contribution in [-0.4, -0.2) is 17.6 Å². The van der Waals surface area contributed by atoms with Crippen LogP contribution in [0, 0.1) is 10.5 Å². The zero-order valence-electron chi connectivity index (χ0n) is 8.59. The Bertz CT molecular complexity index is 352. The Morgan fingerprint density at radius 2 is 2.27 bits per heavy atom. The molecule has 0 bridgehead atoms. The number of carbonyl (C=O) groups excluding carboxylic acids is 1. The van der Waals surface area contributed by atoms with Crippen molar-refractivity contribution in [3.8, 4) is 0 Å². The van der Waals surface area contributed by atoms with Gasteiger partial charge in [0.15, 0.2) is 0 Å². The minimum absolute atomic E-state index is 0.0521. The molecule has 1 rings (SSSR count). The number of nitrogens with one attached hydrogen (secondary N) is 1. The van der Waals surface area contributed by atoms with Crippen molar-refractivity contribution < 1.29 is 9.90 Å². The number of carbonyl (C=O) groups is 1. The number of anilines is 1. The third-order valence-corrected chi connectivity index (χ3v) is 3.18. The summed E-state index contributed by atoms with van der Waals surface area (Å²) in [5.74, 6) is -0.0521. The number of aryl methyl sites for hydroxylation is 1. The zero-order valence-corrected chi connectivity index (χ0v) is 10.7. The van der Waals surface area contributed by atoms with E-state index < -0.39 is 0 Å². The van der Waals surface area contributed by atoms with Crippen LogP contribution in [0.3, 0.4) is 0 Å². The van der Waals surface area contributed by atoms with Gasteiger partial charge in [-0.25, -0.2) is 0 Å². The first-order valence-corrected chi connectivity index (χ1v) is 5.88. The largest absolute Gasteiger partial charge is 0.396 e. The molecule has 0 aromatic heterocycles. The highest BCUT2D eigenvalue weighted by Crippen LogP contribution is 2.17. The normalized spacial score (nSPS) is 10.1. The molecule has 0 aliphatic carbocycles. The van der Waals surface area contributed by atoms with E-state index in [-0.39, 0.29) is 12.5 Å². The first kappa shape index (κ1) is 12.4. The van der Waals surface area contributed by atoms with E-state index in [0.29, 0.717) is 12.8 Å². The van der Waals surface area contributed by atoms with Gasteiger partial charge in [-0.05, 0) is 53.6 Å². The number of amides is 1. The number of benzene rings is 1. The average molecular weight is 319 g/mol. The second-order valence-corrected chi connectivity index (χ2v) is 4.50. The molecule has 1 amide bonds. The minimum atomic E-state index is -0.0521. The van der Waals surface area contributed by atoms with Crippen molar-refractivity contribution in [1.82, 2.24) is 0 Å². The van der Waals surface area contributed by atoms with Gasteiger partial charge < -0.3 is 10.4 Å². The molecule has 1 aromatic rings. The van der Waals surface area contributed by atoms with Gasteiger partial charge in [0, 0.05) is 22.3 Å². The Kier molecular flexibility index (Phi) is 5.04. The van der Waals surface area contributed by atoms with Crippen LogP contribution in [0.15, 0.2) is 18.2 Å². The molecule has 0 spiro atoms. The summed E-state index contributed by atoms with van der Waals surface area (Å²) < 4.78 is 1.13. The topological polar surface area (TPSA) is 49.3 Å². The fourth-order valence-electron chi connectivity index (χ4n) is 1.13. The van der Waals surface area contributed by atoms with Gasteiger partial charge in [-0.2, -0.15) is 0 Å². The Morgan fingerprint density at radius 1 is 1.53 bits per heavy atom. The van der Waals surface area contributed by atoms with E-state index in [2.05, 4.69) is 27.9 Å². The summed E-state index contributed by atoms with van der Waals surface area (Å²) in [6, 6.07) is 5.80. The number of hydrogen-bond acceptors (Lipinski definition) is 2. The van der Waals surface area contributed by atoms with Gasteiger partial charge in [0.25, 0.3) is 0 Å². The molecule has 0 radical (unpaired) electrons. The van der Waals surface area contributed by atoms with E-state index >= 15 is 0 Å². The van der Waals surface area contributed by atoms with Crippen LogP contribution in [0.1, 0.15) is 18.4 Å². The molecule has 82 valence electrons. The van der Waals surface area contributed by atoms with Gasteiger partial charge in [-0.1, -0.05) is 6.07 Å². The van der Waals surface area contributed by atoms with Crippen LogP contribution in [-0.2, 0) is 4.79 Å². The Labute approximate surface area is 103 Å². The monoisotopic (exact) mass is 319 g/mol. The van der Waals surface area contributed by atoms with Crippen LogP contribution in [0.25, 0.3) is 0 Å². The van der Waals surface area contributed by atoms with E-state index in [0.717, 1.165) is 9.26 Å². The van der Waals surface area contributed by atoms with Gasteiger partial charge in [-0.15, -0.1) is 0 Å². The number of hydrogen-bond donors (Lipinski definition) is 2. The van der Waals surface area contributed by atoms with Gasteiger partial charge in [0.05, 0.1) is 0 Å². The SMILES string of the molecule is Cc1ccc(NC(=O)CCCO)cc1I. The smallest absolute Gasteiger partial charge is 0.224 e. The quantitative estimate of drug-likeness (QED) is 0.837. The third kappa shape index (κ3) is 4.17. The molecular formula is C11H14INO2. The lowest BCUT2D eigenvalue weighted by Gasteiger charge is -2.06. The predicted octanol–water partition coefficient (Wildman–Crippen LogP) is 2.31. The summed E-state index contributed by atoms with van der Waals surface area (Å²) in [6.45, 7) is 2.08. The number of halogens is 1. The van der Waals surface area contributed by atoms with E-state index in [1.807, 2.05) is 25.1 Å². The average Bonchev–Trinajstić information content (AvgIpc) is 2.20. The standard InChI is InChI=1S/C11H14INO2/c1-8-4-5-9(7-10(8)12)13-11(15)3-2-6-14/h4-5,7,14H,2-3,6H2,1H3,(H,13,15). The minimum Gasteiger partial charge on any atom is -0.396 e. The van der Waals surface area contributed by atoms with E-state index in [1.165, 1.54) is 5.56 Å². The molecule has 0 fully saturated rings. The lowest BCUT2D eigenvalue weighted by molar-refractivity contribution is -0.116. The summed E-state index contributed by atoms with van der Waals surface area (Å²) in [5.41, 5.74) is 2.01. The summed E-state index contributed by atoms with van der Waals surface area (Å²) in [5, 5.41) is 11.4. The molecule has 0 heterocycles. The highest BCUT2D eigenvalue weighted by molar-refractivity contribution is 14.1. The lowest BCUT2D eigenvalue weighted by Crippen LogP contribution is -2.11. The van der Waals surface area contributed by atoms with Gasteiger partial charge in [-0.3, -0.25) is 4.79 Å². The Morgan fingerprint density at radius 3 is 2.87 bits per heavy atom. The molecule has 0 saturated carbocycles. The van der Waals surface area contributed by atoms with Gasteiger partial charge in [0.1, 0.15) is 0 Å². The molecule has 3 nitrogen and oxygen atoms in total. The summed E-state index contributed by atoms with van der Waals surface area (Å²) in [6.07, 6.45) is 0.871. The molecule has 0 unspecified atom stereocenters. The van der Waals surface area contributed by atoms with Crippen LogP contribution >= 0.6 is 22.6 Å². The van der Waals surface area contributed by atoms with Crippen LogP contribution in [0.4, 0.5) is 5.69 Å². The first-order valence-electron chi connectivity index (χ1n) is 4.80. The Balaban J connectivity index is 2.57. The lowest BCUT2D eigenvalue weighted by atomic mass is 10.2. The zero-order chi connectivity index (χ0) is 11.3. The predicted molar refractivity (Wildman–Crippen MR) is 68.8 cm³/mol. The second-order valence-electron chi connectivity index (χ2n) is 3.34. The highest BCUT2D eigenvalue weighted by atomic mass is 127. The molecule has 2 N–H and O–H groups in total. The van der Waals surface area contributed by atoms with E-state index in [9.17, 15) is 4.79 Å². The van der Waals surface area contributed by atoms with Gasteiger partial charge >= 0.3 is 0 Å². The van der Waals surface area contributed by atoms with Crippen molar-refractivity contribution in [1.29, 1.82) is 0 Å². The molecule has 1 aromatic carbocycles. The van der Waals surface area contributed by atoms with Crippen molar-refractivity contribution >= 4 is 34.2 Å². The van der Waals surface area contributed by atoms with Crippen LogP contribution in [0.2, 0.25) is 0 Å². The molecule has 0 atom stereocenters. The summed E-state index contributed by atoms with van der Waals surface area (Å²) in [4.78, 5) is 11.3. The molecule has 4 heteroatoms. The maximum Gasteiger partial charge on any atom is 0.224 e. The van der Waals surface area contributed by atoms with Crippen molar-refractivity contribution in [3.63, 3.8) is 0 Å². The number of aliphatic hydroxyl groups is 1. The molecule has 0 saturated heterocycles. The van der Waals surface area contributed by atoms with Crippen LogP contribution in [0.5, 0.6) is 0 Å². The maximum absolute atomic E-state index is 11.3. The number of rotatable bonds is 4. The number of aliphatic hydroxyl groups excluding tert-OH is 1. The molecule has 0 aliphatic heterocycles. The third-order valence-electron chi connectivity index (χ3n) is 2.02. The highest BCUT2D eigenvalue weighted by Gasteiger charge is 2.02. The second kappa shape index (κ2) is 6.07. The molecular weight excluding hydrogens is 305 g/mol. The fourth-order valence-corrected chi connectivity index (χ4v) is 1.65. The van der Waals surface area contributed by atoms with Gasteiger partial charge in [0.2, 0.25) is 5.91 Å². The summed E-state index contributed by atoms with van der Waals surface area (Å²) in [7, 11) is 0. The van der Waals surface area contributed by atoms with Crippen molar-refractivity contribution in [2.24, 2.45) is 0 Å². The van der Waals surface area contributed by atoms with Crippen LogP contribution < -0.4 is 5.32 Å². The van der Waals surface area contributed by atoms with E-state index in [4.69, 9.17) is 5.11 Å². The molecule has 15 heavy (non-hydrogen) atoms. The maximum atomic E-state index is 11.3. The summed E-state index contributed by atoms with van der Waals surface area (Å²) >= 11 is 2.23. The molecule has 0 aliphatic rings. The fraction of sp³-hybridized carbons (Fsp3) is 0.364.